The molecule has 0 unspecified atom stereocenters. The van der Waals surface area contributed by atoms with Gasteiger partial charge in [0.25, 0.3) is 0 Å². The predicted molar refractivity (Wildman–Crippen MR) is 102 cm³/mol. The van der Waals surface area contributed by atoms with Gasteiger partial charge in [0.15, 0.2) is 0 Å². The molecule has 3 aromatic rings. The van der Waals surface area contributed by atoms with Gasteiger partial charge < -0.3 is 13.7 Å². The van der Waals surface area contributed by atoms with Crippen molar-refractivity contribution in [3.05, 3.63) is 88.1 Å². The zero-order valence-electron chi connectivity index (χ0n) is 14.7. The van der Waals surface area contributed by atoms with E-state index in [-0.39, 0.29) is 12.6 Å². The average Bonchev–Trinajstić information content (AvgIpc) is 3.22. The van der Waals surface area contributed by atoms with E-state index in [9.17, 15) is 4.79 Å². The molecule has 134 valence electrons. The van der Waals surface area contributed by atoms with Crippen molar-refractivity contribution in [3.8, 4) is 0 Å². The summed E-state index contributed by atoms with van der Waals surface area (Å²) in [5, 5.41) is 0.623. The van der Waals surface area contributed by atoms with Crippen LogP contribution in [0.15, 0.2) is 59.2 Å². The van der Waals surface area contributed by atoms with Crippen molar-refractivity contribution in [1.29, 1.82) is 0 Å². The molecule has 0 spiro atoms. The number of aryl methyl sites for hydroxylation is 1. The molecule has 0 radical (unpaired) electrons. The summed E-state index contributed by atoms with van der Waals surface area (Å²) in [6.45, 7) is 4.91. The molecule has 2 aromatic heterocycles. The highest BCUT2D eigenvalue weighted by Gasteiger charge is 2.09. The quantitative estimate of drug-likeness (QED) is 0.445. The molecule has 1 aromatic carbocycles. The van der Waals surface area contributed by atoms with Crippen molar-refractivity contribution in [3.63, 3.8) is 0 Å². The maximum absolute atomic E-state index is 12.0. The predicted octanol–water partition coefficient (Wildman–Crippen LogP) is 5.16. The normalized spacial score (nSPS) is 11.2. The fourth-order valence-corrected chi connectivity index (χ4v) is 3.00. The summed E-state index contributed by atoms with van der Waals surface area (Å²) in [6, 6.07) is 13.1. The van der Waals surface area contributed by atoms with E-state index in [2.05, 4.69) is 4.57 Å². The SMILES string of the molecule is Cc1cc(/C=C/C(=O)OCc2cccc(Cl)c2)c(C)n1Cc1ccco1. The van der Waals surface area contributed by atoms with Gasteiger partial charge in [-0.05, 0) is 61.4 Å². The summed E-state index contributed by atoms with van der Waals surface area (Å²) < 4.78 is 12.8. The molecule has 0 aliphatic heterocycles. The first-order chi connectivity index (χ1) is 12.5. The highest BCUT2D eigenvalue weighted by Crippen LogP contribution is 2.19. The van der Waals surface area contributed by atoms with E-state index in [1.54, 1.807) is 24.5 Å². The lowest BCUT2D eigenvalue weighted by molar-refractivity contribution is -0.138. The number of furan rings is 1. The number of aromatic nitrogens is 1. The van der Waals surface area contributed by atoms with Crippen LogP contribution in [-0.4, -0.2) is 10.5 Å². The van der Waals surface area contributed by atoms with Crippen molar-refractivity contribution in [1.82, 2.24) is 4.57 Å². The van der Waals surface area contributed by atoms with Gasteiger partial charge in [-0.1, -0.05) is 23.7 Å². The highest BCUT2D eigenvalue weighted by molar-refractivity contribution is 6.30. The summed E-state index contributed by atoms with van der Waals surface area (Å²) in [5.74, 6) is 0.504. The number of hydrogen-bond donors (Lipinski definition) is 0. The number of rotatable bonds is 6. The maximum Gasteiger partial charge on any atom is 0.331 e. The minimum absolute atomic E-state index is 0.196. The highest BCUT2D eigenvalue weighted by atomic mass is 35.5. The van der Waals surface area contributed by atoms with Gasteiger partial charge in [0, 0.05) is 22.5 Å². The third-order valence-corrected chi connectivity index (χ3v) is 4.41. The molecule has 0 aliphatic rings. The Morgan fingerprint density at radius 1 is 1.23 bits per heavy atom. The maximum atomic E-state index is 12.0. The van der Waals surface area contributed by atoms with Crippen LogP contribution in [0.25, 0.3) is 6.08 Å². The lowest BCUT2D eigenvalue weighted by Crippen LogP contribution is -2.03. The van der Waals surface area contributed by atoms with Crippen LogP contribution in [0.4, 0.5) is 0 Å². The molecule has 0 atom stereocenters. The zero-order valence-corrected chi connectivity index (χ0v) is 15.5. The van der Waals surface area contributed by atoms with Crippen LogP contribution in [-0.2, 0) is 22.7 Å². The number of carbonyl (C=O) groups is 1. The monoisotopic (exact) mass is 369 g/mol. The van der Waals surface area contributed by atoms with Crippen molar-refractivity contribution in [2.24, 2.45) is 0 Å². The van der Waals surface area contributed by atoms with E-state index < -0.39 is 0 Å². The fourth-order valence-electron chi connectivity index (χ4n) is 2.79. The summed E-state index contributed by atoms with van der Waals surface area (Å²) in [7, 11) is 0. The van der Waals surface area contributed by atoms with Gasteiger partial charge in [-0.3, -0.25) is 0 Å². The number of esters is 1. The van der Waals surface area contributed by atoms with E-state index in [1.165, 1.54) is 6.08 Å². The molecule has 0 saturated heterocycles. The fraction of sp³-hybridized carbons (Fsp3) is 0.190. The van der Waals surface area contributed by atoms with Gasteiger partial charge in [0.2, 0.25) is 0 Å². The number of hydrogen-bond acceptors (Lipinski definition) is 3. The topological polar surface area (TPSA) is 44.4 Å². The molecule has 5 heteroatoms. The number of halogens is 1. The van der Waals surface area contributed by atoms with Crippen LogP contribution >= 0.6 is 11.6 Å². The lowest BCUT2D eigenvalue weighted by Gasteiger charge is -2.07. The Bertz CT molecular complexity index is 923. The molecule has 4 nitrogen and oxygen atoms in total. The van der Waals surface area contributed by atoms with Gasteiger partial charge in [0.1, 0.15) is 12.4 Å². The van der Waals surface area contributed by atoms with E-state index in [1.807, 2.05) is 44.2 Å². The lowest BCUT2D eigenvalue weighted by atomic mass is 10.2. The summed E-state index contributed by atoms with van der Waals surface area (Å²) in [4.78, 5) is 12.0. The Labute approximate surface area is 157 Å². The second-order valence-electron chi connectivity index (χ2n) is 6.06. The van der Waals surface area contributed by atoms with Crippen molar-refractivity contribution in [2.45, 2.75) is 27.0 Å². The largest absolute Gasteiger partial charge is 0.467 e. The molecule has 26 heavy (non-hydrogen) atoms. The number of carbonyl (C=O) groups excluding carboxylic acids is 1. The molecule has 0 saturated carbocycles. The second-order valence-corrected chi connectivity index (χ2v) is 6.50. The van der Waals surface area contributed by atoms with Gasteiger partial charge in [-0.25, -0.2) is 4.79 Å². The van der Waals surface area contributed by atoms with Crippen LogP contribution in [0.5, 0.6) is 0 Å². The van der Waals surface area contributed by atoms with Gasteiger partial charge in [-0.2, -0.15) is 0 Å². The zero-order chi connectivity index (χ0) is 18.5. The molecule has 0 amide bonds. The Morgan fingerprint density at radius 3 is 2.81 bits per heavy atom. The van der Waals surface area contributed by atoms with Crippen LogP contribution in [0.2, 0.25) is 5.02 Å². The molecule has 0 bridgehead atoms. The molecule has 3 rings (SSSR count). The molecular formula is C21H20ClNO3. The van der Waals surface area contributed by atoms with Gasteiger partial charge in [-0.15, -0.1) is 0 Å². The smallest absolute Gasteiger partial charge is 0.331 e. The standard InChI is InChI=1S/C21H20ClNO3/c1-15-11-18(16(2)23(15)13-20-7-4-10-25-20)8-9-21(24)26-14-17-5-3-6-19(22)12-17/h3-12H,13-14H2,1-2H3/b9-8+. The number of benzene rings is 1. The molecule has 0 aliphatic carbocycles. The third kappa shape index (κ3) is 4.46. The Hall–Kier alpha value is -2.72. The van der Waals surface area contributed by atoms with Crippen LogP contribution in [0, 0.1) is 13.8 Å². The Balaban J connectivity index is 1.63. The molecule has 2 heterocycles. The first kappa shape index (κ1) is 18.1. The van der Waals surface area contributed by atoms with Crippen LogP contribution in [0.3, 0.4) is 0 Å². The third-order valence-electron chi connectivity index (χ3n) is 4.18. The van der Waals surface area contributed by atoms with Crippen molar-refractivity contribution in [2.75, 3.05) is 0 Å². The van der Waals surface area contributed by atoms with Crippen LogP contribution in [0.1, 0.15) is 28.3 Å². The van der Waals surface area contributed by atoms with Crippen molar-refractivity contribution < 1.29 is 13.9 Å². The summed E-state index contributed by atoms with van der Waals surface area (Å²) >= 11 is 5.92. The molecule has 0 fully saturated rings. The Kier molecular flexibility index (Phi) is 5.64. The average molecular weight is 370 g/mol. The van der Waals surface area contributed by atoms with E-state index >= 15 is 0 Å². The summed E-state index contributed by atoms with van der Waals surface area (Å²) in [6.07, 6.45) is 4.89. The van der Waals surface area contributed by atoms with Gasteiger partial charge in [0.05, 0.1) is 12.8 Å². The Morgan fingerprint density at radius 2 is 2.08 bits per heavy atom. The minimum atomic E-state index is -0.388. The number of ether oxygens (including phenoxy) is 1. The van der Waals surface area contributed by atoms with Gasteiger partial charge >= 0.3 is 5.97 Å². The van der Waals surface area contributed by atoms with Crippen LogP contribution < -0.4 is 0 Å². The number of nitrogens with zero attached hydrogens (tertiary/aromatic N) is 1. The minimum Gasteiger partial charge on any atom is -0.467 e. The van der Waals surface area contributed by atoms with Crippen molar-refractivity contribution >= 4 is 23.6 Å². The van der Waals surface area contributed by atoms with E-state index in [0.717, 1.165) is 28.3 Å². The molecule has 0 N–H and O–H groups in total. The summed E-state index contributed by atoms with van der Waals surface area (Å²) in [5.41, 5.74) is 4.01. The first-order valence-corrected chi connectivity index (χ1v) is 8.69. The first-order valence-electron chi connectivity index (χ1n) is 8.31. The molecular weight excluding hydrogens is 350 g/mol. The van der Waals surface area contributed by atoms with E-state index in [0.29, 0.717) is 11.6 Å². The van der Waals surface area contributed by atoms with E-state index in [4.69, 9.17) is 20.8 Å². The second kappa shape index (κ2) is 8.11.